The van der Waals surface area contributed by atoms with Gasteiger partial charge >= 0.3 is 0 Å². The summed E-state index contributed by atoms with van der Waals surface area (Å²) in [6.07, 6.45) is 1.83. The van der Waals surface area contributed by atoms with Crippen molar-refractivity contribution in [3.05, 3.63) is 53.0 Å². The van der Waals surface area contributed by atoms with Crippen molar-refractivity contribution >= 4 is 16.9 Å². The second-order valence-corrected chi connectivity index (χ2v) is 5.47. The maximum absolute atomic E-state index is 4.61. The van der Waals surface area contributed by atoms with E-state index in [0.717, 1.165) is 29.2 Å². The normalized spacial score (nSPS) is 11.0. The largest absolute Gasteiger partial charge is 0.379 e. The van der Waals surface area contributed by atoms with Gasteiger partial charge in [0.15, 0.2) is 5.65 Å². The molecule has 0 aliphatic heterocycles. The third-order valence-corrected chi connectivity index (χ3v) is 4.08. The molecule has 3 aromatic rings. The molecule has 0 amide bonds. The molecule has 0 saturated heterocycles. The first-order valence-corrected chi connectivity index (χ1v) is 7.15. The molecular formula is C17H20N4. The number of imidazole rings is 1. The number of hydrogen-bond acceptors (Lipinski definition) is 3. The molecule has 0 fully saturated rings. The number of anilines is 1. The Hall–Kier alpha value is -2.36. The fourth-order valence-electron chi connectivity index (χ4n) is 2.64. The third kappa shape index (κ3) is 2.37. The summed E-state index contributed by atoms with van der Waals surface area (Å²) in [7, 11) is 1.99. The highest BCUT2D eigenvalue weighted by Gasteiger charge is 2.10. The maximum Gasteiger partial charge on any atom is 0.161 e. The lowest BCUT2D eigenvalue weighted by Crippen LogP contribution is -2.04. The Balaban J connectivity index is 1.94. The Bertz CT molecular complexity index is 782. The topological polar surface area (TPSA) is 42.7 Å². The number of hydrogen-bond donors (Lipinski definition) is 1. The molecule has 0 atom stereocenters. The van der Waals surface area contributed by atoms with Crippen molar-refractivity contribution in [2.45, 2.75) is 27.3 Å². The molecule has 0 bridgehead atoms. The van der Waals surface area contributed by atoms with Gasteiger partial charge in [0, 0.05) is 19.8 Å². The molecule has 0 radical (unpaired) electrons. The fraction of sp³-hybridized carbons (Fsp3) is 0.294. The van der Waals surface area contributed by atoms with Gasteiger partial charge in [0.2, 0.25) is 0 Å². The van der Waals surface area contributed by atoms with E-state index in [9.17, 15) is 0 Å². The molecule has 1 N–H and O–H groups in total. The second-order valence-electron chi connectivity index (χ2n) is 5.47. The molecule has 2 aromatic heterocycles. The number of aromatic nitrogens is 3. The first kappa shape index (κ1) is 13.6. The third-order valence-electron chi connectivity index (χ3n) is 4.08. The molecule has 1 aromatic carbocycles. The van der Waals surface area contributed by atoms with Crippen LogP contribution in [0.5, 0.6) is 0 Å². The predicted octanol–water partition coefficient (Wildman–Crippen LogP) is 3.51. The molecule has 21 heavy (non-hydrogen) atoms. The first-order valence-electron chi connectivity index (χ1n) is 7.15. The van der Waals surface area contributed by atoms with E-state index in [2.05, 4.69) is 47.3 Å². The standard InChI is InChI=1S/C17H20N4/c1-11-6-5-7-12(2)14(11)10-19-15-8-9-18-17-16(15)20-13(3)21(17)4/h5-9H,10H2,1-4H3,(H,18,19). The van der Waals surface area contributed by atoms with E-state index in [1.807, 2.05) is 30.8 Å². The summed E-state index contributed by atoms with van der Waals surface area (Å²) in [5, 5.41) is 3.51. The minimum Gasteiger partial charge on any atom is -0.379 e. The summed E-state index contributed by atoms with van der Waals surface area (Å²) < 4.78 is 2.01. The van der Waals surface area contributed by atoms with Crippen LogP contribution in [0.3, 0.4) is 0 Å². The predicted molar refractivity (Wildman–Crippen MR) is 86.5 cm³/mol. The van der Waals surface area contributed by atoms with Crippen molar-refractivity contribution < 1.29 is 0 Å². The van der Waals surface area contributed by atoms with Crippen LogP contribution in [0.1, 0.15) is 22.5 Å². The van der Waals surface area contributed by atoms with Gasteiger partial charge in [-0.2, -0.15) is 0 Å². The molecule has 108 valence electrons. The van der Waals surface area contributed by atoms with Crippen LogP contribution >= 0.6 is 0 Å². The van der Waals surface area contributed by atoms with Crippen LogP contribution in [0, 0.1) is 20.8 Å². The average molecular weight is 280 g/mol. The van der Waals surface area contributed by atoms with Gasteiger partial charge < -0.3 is 9.88 Å². The number of aryl methyl sites for hydroxylation is 4. The highest BCUT2D eigenvalue weighted by molar-refractivity contribution is 5.85. The van der Waals surface area contributed by atoms with Gasteiger partial charge in [-0.1, -0.05) is 18.2 Å². The first-order chi connectivity index (χ1) is 10.1. The van der Waals surface area contributed by atoms with E-state index < -0.39 is 0 Å². The molecule has 4 nitrogen and oxygen atoms in total. The van der Waals surface area contributed by atoms with E-state index in [4.69, 9.17) is 0 Å². The van der Waals surface area contributed by atoms with Gasteiger partial charge in [-0.3, -0.25) is 0 Å². The molecule has 4 heteroatoms. The number of nitrogens with zero attached hydrogens (tertiary/aromatic N) is 3. The average Bonchev–Trinajstić information content (AvgIpc) is 2.75. The highest BCUT2D eigenvalue weighted by Crippen LogP contribution is 2.22. The summed E-state index contributed by atoms with van der Waals surface area (Å²) in [5.74, 6) is 0.971. The zero-order valence-corrected chi connectivity index (χ0v) is 12.9. The van der Waals surface area contributed by atoms with Gasteiger partial charge in [0.25, 0.3) is 0 Å². The number of nitrogens with one attached hydrogen (secondary N) is 1. The van der Waals surface area contributed by atoms with Crippen LogP contribution in [0.15, 0.2) is 30.5 Å². The summed E-state index contributed by atoms with van der Waals surface area (Å²) in [4.78, 5) is 9.02. The van der Waals surface area contributed by atoms with E-state index >= 15 is 0 Å². The summed E-state index contributed by atoms with van der Waals surface area (Å²) in [6.45, 7) is 7.10. The van der Waals surface area contributed by atoms with Crippen molar-refractivity contribution in [2.24, 2.45) is 7.05 Å². The van der Waals surface area contributed by atoms with Crippen LogP contribution in [-0.4, -0.2) is 14.5 Å². The summed E-state index contributed by atoms with van der Waals surface area (Å²) in [6, 6.07) is 8.39. The molecule has 0 spiro atoms. The lowest BCUT2D eigenvalue weighted by atomic mass is 10.0. The minimum atomic E-state index is 0.799. The lowest BCUT2D eigenvalue weighted by Gasteiger charge is -2.12. The highest BCUT2D eigenvalue weighted by atomic mass is 15.1. The van der Waals surface area contributed by atoms with Crippen LogP contribution in [0.2, 0.25) is 0 Å². The number of fused-ring (bicyclic) bond motifs is 1. The van der Waals surface area contributed by atoms with Crippen LogP contribution in [0.4, 0.5) is 5.69 Å². The Labute approximate surface area is 124 Å². The summed E-state index contributed by atoms with van der Waals surface area (Å²) in [5.41, 5.74) is 6.85. The smallest absolute Gasteiger partial charge is 0.161 e. The van der Waals surface area contributed by atoms with Crippen LogP contribution in [-0.2, 0) is 13.6 Å². The van der Waals surface area contributed by atoms with Gasteiger partial charge in [-0.05, 0) is 43.5 Å². The van der Waals surface area contributed by atoms with Crippen LogP contribution in [0.25, 0.3) is 11.2 Å². The zero-order valence-electron chi connectivity index (χ0n) is 12.9. The maximum atomic E-state index is 4.61. The Kier molecular flexibility index (Phi) is 3.37. The van der Waals surface area contributed by atoms with Gasteiger partial charge in [0.05, 0.1) is 5.69 Å². The van der Waals surface area contributed by atoms with Crippen molar-refractivity contribution in [1.29, 1.82) is 0 Å². The molecule has 0 unspecified atom stereocenters. The molecule has 0 saturated carbocycles. The van der Waals surface area contributed by atoms with Crippen molar-refractivity contribution in [3.63, 3.8) is 0 Å². The van der Waals surface area contributed by atoms with Crippen molar-refractivity contribution in [2.75, 3.05) is 5.32 Å². The van der Waals surface area contributed by atoms with Crippen molar-refractivity contribution in [3.8, 4) is 0 Å². The number of benzene rings is 1. The quantitative estimate of drug-likeness (QED) is 0.798. The van der Waals surface area contributed by atoms with Crippen LogP contribution < -0.4 is 5.32 Å². The molecular weight excluding hydrogens is 260 g/mol. The minimum absolute atomic E-state index is 0.799. The van der Waals surface area contributed by atoms with Gasteiger partial charge in [-0.15, -0.1) is 0 Å². The molecule has 0 aliphatic carbocycles. The van der Waals surface area contributed by atoms with E-state index in [1.165, 1.54) is 16.7 Å². The Morgan fingerprint density at radius 3 is 2.52 bits per heavy atom. The molecule has 3 rings (SSSR count). The zero-order chi connectivity index (χ0) is 15.0. The number of pyridine rings is 1. The van der Waals surface area contributed by atoms with Gasteiger partial charge in [-0.25, -0.2) is 9.97 Å². The summed E-state index contributed by atoms with van der Waals surface area (Å²) >= 11 is 0. The fourth-order valence-corrected chi connectivity index (χ4v) is 2.64. The second kappa shape index (κ2) is 5.20. The number of rotatable bonds is 3. The van der Waals surface area contributed by atoms with E-state index in [0.29, 0.717) is 0 Å². The van der Waals surface area contributed by atoms with Crippen molar-refractivity contribution in [1.82, 2.24) is 14.5 Å². The SMILES string of the molecule is Cc1cccc(C)c1CNc1ccnc2c1nc(C)n2C. The lowest BCUT2D eigenvalue weighted by molar-refractivity contribution is 0.874. The molecule has 2 heterocycles. The Morgan fingerprint density at radius 1 is 1.10 bits per heavy atom. The molecule has 0 aliphatic rings. The Morgan fingerprint density at radius 2 is 1.81 bits per heavy atom. The van der Waals surface area contributed by atoms with E-state index in [-0.39, 0.29) is 0 Å². The van der Waals surface area contributed by atoms with E-state index in [1.54, 1.807) is 0 Å². The van der Waals surface area contributed by atoms with Gasteiger partial charge in [0.1, 0.15) is 11.3 Å². The monoisotopic (exact) mass is 280 g/mol.